The number of aromatic amines is 1. The van der Waals surface area contributed by atoms with Crippen molar-refractivity contribution in [3.05, 3.63) is 34.9 Å². The van der Waals surface area contributed by atoms with Crippen LogP contribution in [0.15, 0.2) is 18.5 Å². The number of ether oxygens (including phenoxy) is 1. The number of aromatic nitrogens is 2. The second-order valence-corrected chi connectivity index (χ2v) is 8.89. The number of hydrogen-bond acceptors (Lipinski definition) is 5. The van der Waals surface area contributed by atoms with Gasteiger partial charge in [0.1, 0.15) is 17.4 Å². The Bertz CT molecular complexity index is 892. The summed E-state index contributed by atoms with van der Waals surface area (Å²) in [4.78, 5) is 36.6. The highest BCUT2D eigenvalue weighted by Crippen LogP contribution is 2.40. The number of nitrogens with zero attached hydrogens (tertiary/aromatic N) is 3. The molecule has 2 amide bonds. The van der Waals surface area contributed by atoms with Crippen molar-refractivity contribution in [2.75, 3.05) is 26.7 Å². The van der Waals surface area contributed by atoms with E-state index in [1.54, 1.807) is 13.3 Å². The van der Waals surface area contributed by atoms with Crippen molar-refractivity contribution in [3.8, 4) is 5.75 Å². The monoisotopic (exact) mass is 448 g/mol. The summed E-state index contributed by atoms with van der Waals surface area (Å²) in [6.07, 6.45) is 8.26. The smallest absolute Gasteiger partial charge is 0.276 e. The first kappa shape index (κ1) is 21.9. The molecule has 3 aliphatic rings. The van der Waals surface area contributed by atoms with Gasteiger partial charge >= 0.3 is 0 Å². The van der Waals surface area contributed by atoms with Crippen molar-refractivity contribution in [3.63, 3.8) is 0 Å². The normalized spacial score (nSPS) is 24.0. The second kappa shape index (κ2) is 9.44. The minimum Gasteiger partial charge on any atom is -0.495 e. The summed E-state index contributed by atoms with van der Waals surface area (Å²) in [6, 6.07) is 2.04. The SMILES string of the molecule is COc1cnc(C(=O)N2CCN(C3CCC(O)CC3)C(=O)C2)c(Cl)[nH]cc(C2CC2)c1. The predicted octanol–water partition coefficient (Wildman–Crippen LogP) is 2.66. The Labute approximate surface area is 186 Å². The van der Waals surface area contributed by atoms with E-state index in [1.807, 2.05) is 11.0 Å². The first-order valence-electron chi connectivity index (χ1n) is 10.9. The number of aliphatic hydroxyl groups is 1. The molecule has 1 aromatic rings. The van der Waals surface area contributed by atoms with Crippen LogP contribution in [0.5, 0.6) is 5.75 Å². The van der Waals surface area contributed by atoms with Crippen molar-refractivity contribution in [2.24, 2.45) is 0 Å². The fraction of sp³-hybridized carbons (Fsp3) is 0.591. The van der Waals surface area contributed by atoms with Crippen LogP contribution in [0, 0.1) is 0 Å². The van der Waals surface area contributed by atoms with Crippen LogP contribution in [0.3, 0.4) is 0 Å². The number of rotatable bonds is 4. The molecule has 3 fully saturated rings. The molecule has 0 bridgehead atoms. The number of halogens is 1. The number of piperazine rings is 1. The van der Waals surface area contributed by atoms with Crippen LogP contribution in [0.4, 0.5) is 0 Å². The lowest BCUT2D eigenvalue weighted by Gasteiger charge is -2.41. The van der Waals surface area contributed by atoms with Crippen molar-refractivity contribution in [2.45, 2.75) is 56.6 Å². The summed E-state index contributed by atoms with van der Waals surface area (Å²) in [7, 11) is 1.56. The van der Waals surface area contributed by atoms with Crippen LogP contribution >= 0.6 is 11.6 Å². The van der Waals surface area contributed by atoms with Crippen LogP contribution in [0.2, 0.25) is 5.15 Å². The van der Waals surface area contributed by atoms with E-state index < -0.39 is 0 Å². The van der Waals surface area contributed by atoms with Gasteiger partial charge in [0.2, 0.25) is 5.91 Å². The summed E-state index contributed by atoms with van der Waals surface area (Å²) >= 11 is 6.41. The highest BCUT2D eigenvalue weighted by molar-refractivity contribution is 6.32. The Morgan fingerprint density at radius 1 is 1.23 bits per heavy atom. The molecule has 0 aromatic carbocycles. The van der Waals surface area contributed by atoms with Gasteiger partial charge in [-0.25, -0.2) is 4.98 Å². The van der Waals surface area contributed by atoms with Crippen LogP contribution < -0.4 is 4.74 Å². The molecule has 1 aromatic heterocycles. The summed E-state index contributed by atoms with van der Waals surface area (Å²) in [6.45, 7) is 0.891. The zero-order valence-corrected chi connectivity index (χ0v) is 18.5. The van der Waals surface area contributed by atoms with E-state index >= 15 is 0 Å². The summed E-state index contributed by atoms with van der Waals surface area (Å²) in [5.74, 6) is 0.530. The first-order valence-corrected chi connectivity index (χ1v) is 11.3. The number of carbonyl (C=O) groups excluding carboxylic acids is 2. The van der Waals surface area contributed by atoms with Gasteiger partial charge in [-0.1, -0.05) is 11.6 Å². The van der Waals surface area contributed by atoms with Crippen molar-refractivity contribution >= 4 is 23.4 Å². The Kier molecular flexibility index (Phi) is 6.67. The van der Waals surface area contributed by atoms with E-state index in [1.165, 1.54) is 11.1 Å². The lowest BCUT2D eigenvalue weighted by molar-refractivity contribution is -0.138. The third-order valence-electron chi connectivity index (χ3n) is 6.34. The first-order chi connectivity index (χ1) is 15.0. The Morgan fingerprint density at radius 2 is 1.97 bits per heavy atom. The molecule has 4 rings (SSSR count). The quantitative estimate of drug-likeness (QED) is 0.737. The number of H-pyrrole nitrogens is 1. The number of aliphatic hydroxyl groups excluding tert-OH is 1. The molecular weight excluding hydrogens is 420 g/mol. The van der Waals surface area contributed by atoms with Crippen molar-refractivity contribution in [1.82, 2.24) is 19.8 Å². The van der Waals surface area contributed by atoms with Gasteiger partial charge < -0.3 is 24.6 Å². The third-order valence-corrected chi connectivity index (χ3v) is 6.63. The molecule has 168 valence electrons. The maximum atomic E-state index is 13.2. The standard InChI is InChI=1S/C22H29ClN4O4/c1-31-18-10-15(14-2-3-14)11-25-21(23)20(24-12-18)22(30)26-8-9-27(19(29)13-26)16-4-6-17(28)7-5-16/h10-12,14,16-17,25,28H,2-9,13H2,1H3. The zero-order valence-electron chi connectivity index (χ0n) is 17.7. The molecule has 0 unspecified atom stereocenters. The third kappa shape index (κ3) is 5.13. The van der Waals surface area contributed by atoms with E-state index in [0.717, 1.165) is 31.2 Å². The van der Waals surface area contributed by atoms with Crippen LogP contribution in [-0.2, 0) is 4.79 Å². The molecular formula is C22H29ClN4O4. The predicted molar refractivity (Wildman–Crippen MR) is 116 cm³/mol. The number of nitrogens with one attached hydrogen (secondary N) is 1. The Morgan fingerprint density at radius 3 is 2.61 bits per heavy atom. The van der Waals surface area contributed by atoms with Gasteiger partial charge in [-0.2, -0.15) is 0 Å². The second-order valence-electron chi connectivity index (χ2n) is 8.51. The molecule has 8 nitrogen and oxygen atoms in total. The average Bonchev–Trinajstić information content (AvgIpc) is 3.60. The maximum Gasteiger partial charge on any atom is 0.276 e. The van der Waals surface area contributed by atoms with Gasteiger partial charge in [-0.05, 0) is 56.1 Å². The van der Waals surface area contributed by atoms with Crippen LogP contribution in [0.1, 0.15) is 60.5 Å². The molecule has 31 heavy (non-hydrogen) atoms. The lowest BCUT2D eigenvalue weighted by atomic mass is 9.91. The molecule has 9 heteroatoms. The van der Waals surface area contributed by atoms with E-state index in [9.17, 15) is 14.7 Å². The van der Waals surface area contributed by atoms with Gasteiger partial charge in [-0.15, -0.1) is 0 Å². The molecule has 1 saturated heterocycles. The fourth-order valence-electron chi connectivity index (χ4n) is 4.32. The molecule has 0 spiro atoms. The zero-order chi connectivity index (χ0) is 22.0. The summed E-state index contributed by atoms with van der Waals surface area (Å²) in [5, 5.41) is 9.84. The number of hydrogen-bond donors (Lipinski definition) is 2. The summed E-state index contributed by atoms with van der Waals surface area (Å²) < 4.78 is 5.38. The lowest BCUT2D eigenvalue weighted by Crippen LogP contribution is -2.56. The molecule has 2 saturated carbocycles. The van der Waals surface area contributed by atoms with E-state index in [-0.39, 0.29) is 41.4 Å². The van der Waals surface area contributed by atoms with E-state index in [2.05, 4.69) is 9.97 Å². The Balaban J connectivity index is 1.52. The largest absolute Gasteiger partial charge is 0.495 e. The maximum absolute atomic E-state index is 13.2. The molecule has 2 heterocycles. The van der Waals surface area contributed by atoms with E-state index in [0.29, 0.717) is 37.6 Å². The molecule has 1 aliphatic heterocycles. The minimum atomic E-state index is -0.389. The number of amides is 2. The Hall–Kier alpha value is -2.32. The topological polar surface area (TPSA) is 98.8 Å². The van der Waals surface area contributed by atoms with Crippen LogP contribution in [0.25, 0.3) is 0 Å². The van der Waals surface area contributed by atoms with Gasteiger partial charge in [0, 0.05) is 25.3 Å². The highest BCUT2D eigenvalue weighted by atomic mass is 35.5. The average molecular weight is 449 g/mol. The highest BCUT2D eigenvalue weighted by Gasteiger charge is 2.34. The molecule has 0 atom stereocenters. The van der Waals surface area contributed by atoms with Gasteiger partial charge in [-0.3, -0.25) is 9.59 Å². The number of methoxy groups -OCH3 is 1. The van der Waals surface area contributed by atoms with Gasteiger partial charge in [0.25, 0.3) is 5.91 Å². The number of carbonyl (C=O) groups is 2. The molecule has 2 N–H and O–H groups in total. The van der Waals surface area contributed by atoms with Gasteiger partial charge in [0.15, 0.2) is 5.69 Å². The minimum absolute atomic E-state index is 0.00276. The molecule has 2 aliphatic carbocycles. The fourth-order valence-corrected chi connectivity index (χ4v) is 4.51. The summed E-state index contributed by atoms with van der Waals surface area (Å²) in [5.41, 5.74) is 1.11. The molecule has 0 radical (unpaired) electrons. The van der Waals surface area contributed by atoms with Crippen molar-refractivity contribution in [1.29, 1.82) is 0 Å². The van der Waals surface area contributed by atoms with Gasteiger partial charge in [0.05, 0.1) is 19.4 Å². The van der Waals surface area contributed by atoms with E-state index in [4.69, 9.17) is 16.3 Å². The van der Waals surface area contributed by atoms with Crippen molar-refractivity contribution < 1.29 is 19.4 Å². The van der Waals surface area contributed by atoms with Crippen LogP contribution in [-0.4, -0.2) is 75.6 Å².